The van der Waals surface area contributed by atoms with E-state index in [1.807, 2.05) is 6.20 Å². The average Bonchev–Trinajstić information content (AvgIpc) is 3.08. The summed E-state index contributed by atoms with van der Waals surface area (Å²) < 4.78 is 1.26. The second kappa shape index (κ2) is 7.08. The lowest BCUT2D eigenvalue weighted by Gasteiger charge is -2.33. The Labute approximate surface area is 144 Å². The van der Waals surface area contributed by atoms with Crippen molar-refractivity contribution in [3.63, 3.8) is 0 Å². The molecule has 0 radical (unpaired) electrons. The molecule has 2 aromatic heterocycles. The first-order valence-electron chi connectivity index (χ1n) is 8.60. The molecule has 3 rings (SSSR count). The number of aromatic nitrogens is 4. The van der Waals surface area contributed by atoms with Gasteiger partial charge in [-0.15, -0.1) is 0 Å². The minimum atomic E-state index is -0.556. The lowest BCUT2D eigenvalue weighted by Crippen LogP contribution is -2.43. The summed E-state index contributed by atoms with van der Waals surface area (Å²) >= 11 is 0. The molecule has 1 saturated heterocycles. The number of carbonyl (C=O) groups is 1. The van der Waals surface area contributed by atoms with E-state index in [1.165, 1.54) is 16.3 Å². The molecule has 3 heterocycles. The number of likely N-dealkylation sites (tertiary alicyclic amines) is 1. The Morgan fingerprint density at radius 3 is 2.96 bits per heavy atom. The highest BCUT2D eigenvalue weighted by atomic mass is 16.2. The van der Waals surface area contributed by atoms with Gasteiger partial charge in [0.25, 0.3) is 5.56 Å². The Hall–Kier alpha value is -2.64. The van der Waals surface area contributed by atoms with Crippen LogP contribution in [0.25, 0.3) is 0 Å². The van der Waals surface area contributed by atoms with Crippen LogP contribution in [0.1, 0.15) is 42.5 Å². The van der Waals surface area contributed by atoms with E-state index in [0.29, 0.717) is 18.7 Å². The number of nitrogens with zero attached hydrogens (tertiary/aromatic N) is 3. The zero-order valence-electron chi connectivity index (χ0n) is 14.5. The quantitative estimate of drug-likeness (QED) is 0.844. The molecular weight excluding hydrogens is 322 g/mol. The van der Waals surface area contributed by atoms with Crippen molar-refractivity contribution in [2.45, 2.75) is 45.6 Å². The molecule has 1 amide bonds. The SMILES string of the molecule is CCc1cn[nH]c1[C@H]1CCCN(C(=O)Cn2cc(C)c(=O)[nH]c2=O)C1. The predicted octanol–water partition coefficient (Wildman–Crippen LogP) is 0.537. The highest BCUT2D eigenvalue weighted by Gasteiger charge is 2.27. The number of aromatic amines is 2. The molecule has 1 fully saturated rings. The third kappa shape index (κ3) is 3.57. The van der Waals surface area contributed by atoms with E-state index in [0.717, 1.165) is 25.0 Å². The first-order chi connectivity index (χ1) is 12.0. The Bertz CT molecular complexity index is 879. The zero-order valence-corrected chi connectivity index (χ0v) is 14.5. The molecule has 0 aliphatic carbocycles. The zero-order chi connectivity index (χ0) is 18.0. The van der Waals surface area contributed by atoms with Gasteiger partial charge >= 0.3 is 5.69 Å². The lowest BCUT2D eigenvalue weighted by molar-refractivity contribution is -0.133. The largest absolute Gasteiger partial charge is 0.340 e. The van der Waals surface area contributed by atoms with Crippen molar-refractivity contribution in [2.24, 2.45) is 0 Å². The molecule has 0 aromatic carbocycles. The van der Waals surface area contributed by atoms with E-state index < -0.39 is 11.2 Å². The standard InChI is InChI=1S/C17H23N5O3/c1-3-12-7-18-20-15(12)13-5-4-6-21(9-13)14(23)10-22-8-11(2)16(24)19-17(22)25/h7-8,13H,3-6,9-10H2,1-2H3,(H,18,20)(H,19,24,25)/t13-/m0/s1. The summed E-state index contributed by atoms with van der Waals surface area (Å²) in [6, 6.07) is 0. The number of nitrogens with one attached hydrogen (secondary N) is 2. The molecular formula is C17H23N5O3. The monoisotopic (exact) mass is 345 g/mol. The third-order valence-electron chi connectivity index (χ3n) is 4.81. The van der Waals surface area contributed by atoms with Crippen molar-refractivity contribution in [1.82, 2.24) is 24.6 Å². The number of hydrogen-bond donors (Lipinski definition) is 2. The van der Waals surface area contributed by atoms with Crippen molar-refractivity contribution in [1.29, 1.82) is 0 Å². The predicted molar refractivity (Wildman–Crippen MR) is 92.6 cm³/mol. The van der Waals surface area contributed by atoms with E-state index in [-0.39, 0.29) is 18.4 Å². The highest BCUT2D eigenvalue weighted by Crippen LogP contribution is 2.28. The number of aryl methyl sites for hydroxylation is 2. The van der Waals surface area contributed by atoms with Gasteiger partial charge in [-0.3, -0.25) is 24.2 Å². The molecule has 0 spiro atoms. The van der Waals surface area contributed by atoms with Gasteiger partial charge < -0.3 is 4.90 Å². The summed E-state index contributed by atoms with van der Waals surface area (Å²) in [4.78, 5) is 40.0. The molecule has 2 aromatic rings. The van der Waals surface area contributed by atoms with Crippen molar-refractivity contribution in [2.75, 3.05) is 13.1 Å². The Morgan fingerprint density at radius 1 is 1.40 bits per heavy atom. The van der Waals surface area contributed by atoms with Gasteiger partial charge in [0, 0.05) is 36.5 Å². The number of rotatable bonds is 4. The van der Waals surface area contributed by atoms with Gasteiger partial charge in [0.2, 0.25) is 5.91 Å². The minimum absolute atomic E-state index is 0.0627. The van der Waals surface area contributed by atoms with Gasteiger partial charge in [-0.1, -0.05) is 6.92 Å². The molecule has 0 unspecified atom stereocenters. The van der Waals surface area contributed by atoms with Gasteiger partial charge in [0.1, 0.15) is 6.54 Å². The van der Waals surface area contributed by atoms with Crippen LogP contribution in [0.3, 0.4) is 0 Å². The molecule has 0 bridgehead atoms. The number of carbonyl (C=O) groups excluding carboxylic acids is 1. The Kier molecular flexibility index (Phi) is 4.87. The summed E-state index contributed by atoms with van der Waals surface area (Å²) in [5.41, 5.74) is 1.73. The first-order valence-corrected chi connectivity index (χ1v) is 8.60. The van der Waals surface area contributed by atoms with Gasteiger partial charge in [-0.25, -0.2) is 4.79 Å². The molecule has 0 saturated carbocycles. The van der Waals surface area contributed by atoms with Gasteiger partial charge in [-0.2, -0.15) is 5.10 Å². The van der Waals surface area contributed by atoms with Crippen LogP contribution < -0.4 is 11.2 Å². The lowest BCUT2D eigenvalue weighted by atomic mass is 9.92. The summed E-state index contributed by atoms with van der Waals surface area (Å²) in [7, 11) is 0. The number of H-pyrrole nitrogens is 2. The van der Waals surface area contributed by atoms with Crippen molar-refractivity contribution >= 4 is 5.91 Å². The molecule has 1 aliphatic rings. The smallest absolute Gasteiger partial charge is 0.328 e. The Morgan fingerprint density at radius 2 is 2.20 bits per heavy atom. The molecule has 25 heavy (non-hydrogen) atoms. The van der Waals surface area contributed by atoms with E-state index in [9.17, 15) is 14.4 Å². The van der Waals surface area contributed by atoms with E-state index in [1.54, 1.807) is 11.8 Å². The summed E-state index contributed by atoms with van der Waals surface area (Å²) in [5.74, 6) is 0.125. The highest BCUT2D eigenvalue weighted by molar-refractivity contribution is 5.76. The van der Waals surface area contributed by atoms with Gasteiger partial charge in [0.05, 0.1) is 6.20 Å². The number of amides is 1. The fourth-order valence-electron chi connectivity index (χ4n) is 3.38. The summed E-state index contributed by atoms with van der Waals surface area (Å²) in [6.45, 7) is 4.94. The van der Waals surface area contributed by atoms with Gasteiger partial charge in [-0.05, 0) is 31.7 Å². The fraction of sp³-hybridized carbons (Fsp3) is 0.529. The van der Waals surface area contributed by atoms with Crippen molar-refractivity contribution in [3.05, 3.63) is 50.1 Å². The summed E-state index contributed by atoms with van der Waals surface area (Å²) in [5, 5.41) is 7.20. The number of piperidine rings is 1. The second-order valence-electron chi connectivity index (χ2n) is 6.54. The first kappa shape index (κ1) is 17.2. The van der Waals surface area contributed by atoms with Gasteiger partial charge in [0.15, 0.2) is 0 Å². The molecule has 8 nitrogen and oxygen atoms in total. The topological polar surface area (TPSA) is 104 Å². The average molecular weight is 345 g/mol. The normalized spacial score (nSPS) is 17.7. The maximum atomic E-state index is 12.6. The van der Waals surface area contributed by atoms with Crippen LogP contribution in [0.4, 0.5) is 0 Å². The van der Waals surface area contributed by atoms with Crippen molar-refractivity contribution in [3.8, 4) is 0 Å². The van der Waals surface area contributed by atoms with E-state index >= 15 is 0 Å². The fourth-order valence-corrected chi connectivity index (χ4v) is 3.38. The van der Waals surface area contributed by atoms with Crippen LogP contribution in [0, 0.1) is 6.92 Å². The van der Waals surface area contributed by atoms with Crippen LogP contribution >= 0.6 is 0 Å². The summed E-state index contributed by atoms with van der Waals surface area (Å²) in [6.07, 6.45) is 6.11. The molecule has 8 heteroatoms. The third-order valence-corrected chi connectivity index (χ3v) is 4.81. The maximum Gasteiger partial charge on any atom is 0.328 e. The van der Waals surface area contributed by atoms with E-state index in [2.05, 4.69) is 22.1 Å². The number of hydrogen-bond acceptors (Lipinski definition) is 4. The second-order valence-corrected chi connectivity index (χ2v) is 6.54. The minimum Gasteiger partial charge on any atom is -0.340 e. The molecule has 1 aliphatic heterocycles. The van der Waals surface area contributed by atoms with Crippen LogP contribution in [0.15, 0.2) is 22.0 Å². The molecule has 134 valence electrons. The molecule has 2 N–H and O–H groups in total. The molecule has 1 atom stereocenters. The van der Waals surface area contributed by atoms with Crippen LogP contribution in [0.2, 0.25) is 0 Å². The Balaban J connectivity index is 1.73. The van der Waals surface area contributed by atoms with Crippen molar-refractivity contribution < 1.29 is 4.79 Å². The maximum absolute atomic E-state index is 12.6. The van der Waals surface area contributed by atoms with Crippen LogP contribution in [-0.4, -0.2) is 43.6 Å². The van der Waals surface area contributed by atoms with E-state index in [4.69, 9.17) is 0 Å². The van der Waals surface area contributed by atoms with Crippen LogP contribution in [0.5, 0.6) is 0 Å². The van der Waals surface area contributed by atoms with Crippen LogP contribution in [-0.2, 0) is 17.8 Å².